The van der Waals surface area contributed by atoms with E-state index in [4.69, 9.17) is 0 Å². The van der Waals surface area contributed by atoms with Crippen LogP contribution in [0.5, 0.6) is 0 Å². The van der Waals surface area contributed by atoms with Gasteiger partial charge in [0.05, 0.1) is 0 Å². The lowest BCUT2D eigenvalue weighted by Gasteiger charge is -2.08. The number of carbonyl (C=O) groups excluding carboxylic acids is 2. The zero-order valence-electron chi connectivity index (χ0n) is 13.1. The molecule has 0 unspecified atom stereocenters. The molecule has 0 saturated heterocycles. The van der Waals surface area contributed by atoms with Gasteiger partial charge in [-0.15, -0.1) is 0 Å². The molecular weight excluding hydrogens is 288 g/mol. The summed E-state index contributed by atoms with van der Waals surface area (Å²) in [5, 5.41) is 5.76. The summed E-state index contributed by atoms with van der Waals surface area (Å²) in [7, 11) is 0. The first-order chi connectivity index (χ1) is 11.1. The Morgan fingerprint density at radius 3 is 2.26 bits per heavy atom. The van der Waals surface area contributed by atoms with E-state index in [0.29, 0.717) is 12.1 Å². The first kappa shape index (κ1) is 15.3. The van der Waals surface area contributed by atoms with E-state index < -0.39 is 0 Å². The smallest absolute Gasteiger partial charge is 0.251 e. The Bertz CT molecular complexity index is 701. The van der Waals surface area contributed by atoms with E-state index in [1.807, 2.05) is 31.2 Å². The lowest BCUT2D eigenvalue weighted by molar-refractivity contribution is -0.117. The number of rotatable bonds is 5. The maximum Gasteiger partial charge on any atom is 0.251 e. The summed E-state index contributed by atoms with van der Waals surface area (Å²) in [6, 6.07) is 15.1. The average Bonchev–Trinajstić information content (AvgIpc) is 3.40. The Hall–Kier alpha value is -2.62. The van der Waals surface area contributed by atoms with Crippen molar-refractivity contribution in [1.82, 2.24) is 5.32 Å². The van der Waals surface area contributed by atoms with Crippen molar-refractivity contribution >= 4 is 17.5 Å². The molecule has 23 heavy (non-hydrogen) atoms. The Morgan fingerprint density at radius 2 is 1.65 bits per heavy atom. The summed E-state index contributed by atoms with van der Waals surface area (Å²) in [6.45, 7) is 2.53. The van der Waals surface area contributed by atoms with Crippen LogP contribution in [0.2, 0.25) is 0 Å². The van der Waals surface area contributed by atoms with Gasteiger partial charge in [0.15, 0.2) is 0 Å². The maximum atomic E-state index is 12.1. The van der Waals surface area contributed by atoms with Gasteiger partial charge in [-0.05, 0) is 49.6 Å². The molecule has 1 aliphatic carbocycles. The molecule has 0 atom stereocenters. The van der Waals surface area contributed by atoms with Crippen LogP contribution in [-0.4, -0.2) is 11.8 Å². The first-order valence-corrected chi connectivity index (χ1v) is 7.86. The van der Waals surface area contributed by atoms with Crippen molar-refractivity contribution in [3.63, 3.8) is 0 Å². The zero-order valence-corrected chi connectivity index (χ0v) is 13.1. The summed E-state index contributed by atoms with van der Waals surface area (Å²) >= 11 is 0. The van der Waals surface area contributed by atoms with Crippen LogP contribution in [0, 0.1) is 12.8 Å². The van der Waals surface area contributed by atoms with Crippen molar-refractivity contribution in [3.05, 3.63) is 65.2 Å². The summed E-state index contributed by atoms with van der Waals surface area (Å²) in [4.78, 5) is 23.8. The number of hydrogen-bond acceptors (Lipinski definition) is 2. The second kappa shape index (κ2) is 6.65. The van der Waals surface area contributed by atoms with Gasteiger partial charge in [-0.2, -0.15) is 0 Å². The van der Waals surface area contributed by atoms with E-state index in [-0.39, 0.29) is 17.7 Å². The van der Waals surface area contributed by atoms with Crippen LogP contribution >= 0.6 is 0 Å². The highest BCUT2D eigenvalue weighted by Gasteiger charge is 2.29. The van der Waals surface area contributed by atoms with Gasteiger partial charge in [-0.25, -0.2) is 0 Å². The van der Waals surface area contributed by atoms with E-state index in [1.54, 1.807) is 24.3 Å². The third-order valence-electron chi connectivity index (χ3n) is 3.94. The molecule has 1 saturated carbocycles. The van der Waals surface area contributed by atoms with Gasteiger partial charge in [0.2, 0.25) is 5.91 Å². The molecule has 0 aliphatic heterocycles. The molecule has 2 N–H and O–H groups in total. The number of nitrogens with one attached hydrogen (secondary N) is 2. The molecule has 0 radical (unpaired) electrons. The number of carbonyl (C=O) groups is 2. The molecule has 2 amide bonds. The fourth-order valence-electron chi connectivity index (χ4n) is 2.29. The minimum atomic E-state index is -0.120. The highest BCUT2D eigenvalue weighted by atomic mass is 16.2. The number of benzene rings is 2. The minimum Gasteiger partial charge on any atom is -0.348 e. The molecule has 3 rings (SSSR count). The molecule has 0 spiro atoms. The number of amides is 2. The van der Waals surface area contributed by atoms with Crippen molar-refractivity contribution < 1.29 is 9.59 Å². The largest absolute Gasteiger partial charge is 0.348 e. The van der Waals surface area contributed by atoms with Gasteiger partial charge in [0, 0.05) is 23.7 Å². The molecular formula is C19H20N2O2. The van der Waals surface area contributed by atoms with Crippen LogP contribution in [0.25, 0.3) is 0 Å². The molecule has 0 heterocycles. The fraction of sp³-hybridized carbons (Fsp3) is 0.263. The molecule has 4 nitrogen and oxygen atoms in total. The van der Waals surface area contributed by atoms with Crippen LogP contribution in [0.15, 0.2) is 48.5 Å². The molecule has 0 bridgehead atoms. The van der Waals surface area contributed by atoms with Crippen molar-refractivity contribution in [2.24, 2.45) is 5.92 Å². The summed E-state index contributed by atoms with van der Waals surface area (Å²) < 4.78 is 0. The third kappa shape index (κ3) is 4.19. The van der Waals surface area contributed by atoms with Crippen LogP contribution < -0.4 is 10.6 Å². The summed E-state index contributed by atoms with van der Waals surface area (Å²) in [6.07, 6.45) is 1.96. The van der Waals surface area contributed by atoms with Crippen molar-refractivity contribution in [2.45, 2.75) is 26.3 Å². The van der Waals surface area contributed by atoms with E-state index in [9.17, 15) is 9.59 Å². The molecule has 2 aromatic rings. The Balaban J connectivity index is 1.54. The number of aryl methyl sites for hydroxylation is 1. The summed E-state index contributed by atoms with van der Waals surface area (Å²) in [5.41, 5.74) is 3.58. The average molecular weight is 308 g/mol. The Kier molecular flexibility index (Phi) is 4.42. The lowest BCUT2D eigenvalue weighted by Crippen LogP contribution is -2.22. The van der Waals surface area contributed by atoms with E-state index >= 15 is 0 Å². The van der Waals surface area contributed by atoms with E-state index in [2.05, 4.69) is 10.6 Å². The maximum absolute atomic E-state index is 12.1. The van der Waals surface area contributed by atoms with Crippen molar-refractivity contribution in [2.75, 3.05) is 5.32 Å². The molecule has 118 valence electrons. The van der Waals surface area contributed by atoms with Gasteiger partial charge in [-0.3, -0.25) is 9.59 Å². The molecule has 1 aliphatic rings. The highest BCUT2D eigenvalue weighted by molar-refractivity contribution is 5.96. The van der Waals surface area contributed by atoms with Crippen LogP contribution in [0.1, 0.15) is 34.3 Å². The second-order valence-electron chi connectivity index (χ2n) is 6.01. The van der Waals surface area contributed by atoms with Gasteiger partial charge in [-0.1, -0.05) is 29.8 Å². The summed E-state index contributed by atoms with van der Waals surface area (Å²) in [5.74, 6) is 0.125. The molecule has 2 aromatic carbocycles. The highest BCUT2D eigenvalue weighted by Crippen LogP contribution is 2.30. The van der Waals surface area contributed by atoms with Gasteiger partial charge in [0.1, 0.15) is 0 Å². The zero-order chi connectivity index (χ0) is 16.2. The fourth-order valence-corrected chi connectivity index (χ4v) is 2.29. The Labute approximate surface area is 135 Å². The SMILES string of the molecule is Cc1ccc(CNC(=O)c2ccc(NC(=O)C3CC3)cc2)cc1. The number of hydrogen-bond donors (Lipinski definition) is 2. The van der Waals surface area contributed by atoms with Crippen LogP contribution in [0.3, 0.4) is 0 Å². The second-order valence-corrected chi connectivity index (χ2v) is 6.01. The van der Waals surface area contributed by atoms with Gasteiger partial charge >= 0.3 is 0 Å². The standard InChI is InChI=1S/C19H20N2O2/c1-13-2-4-14(5-3-13)12-20-18(22)15-8-10-17(11-9-15)21-19(23)16-6-7-16/h2-5,8-11,16H,6-7,12H2,1H3,(H,20,22)(H,21,23). The molecule has 4 heteroatoms. The first-order valence-electron chi connectivity index (χ1n) is 7.86. The van der Waals surface area contributed by atoms with Crippen molar-refractivity contribution in [3.8, 4) is 0 Å². The predicted molar refractivity (Wildman–Crippen MR) is 90.1 cm³/mol. The van der Waals surface area contributed by atoms with Crippen molar-refractivity contribution in [1.29, 1.82) is 0 Å². The predicted octanol–water partition coefficient (Wildman–Crippen LogP) is 3.27. The lowest BCUT2D eigenvalue weighted by atomic mass is 10.1. The third-order valence-corrected chi connectivity index (χ3v) is 3.94. The van der Waals surface area contributed by atoms with E-state index in [0.717, 1.165) is 24.1 Å². The Morgan fingerprint density at radius 1 is 1.00 bits per heavy atom. The normalized spacial score (nSPS) is 13.4. The molecule has 1 fully saturated rings. The van der Waals surface area contributed by atoms with Gasteiger partial charge in [0.25, 0.3) is 5.91 Å². The van der Waals surface area contributed by atoms with Gasteiger partial charge < -0.3 is 10.6 Å². The minimum absolute atomic E-state index is 0.0709. The number of anilines is 1. The molecule has 0 aromatic heterocycles. The quantitative estimate of drug-likeness (QED) is 0.890. The monoisotopic (exact) mass is 308 g/mol. The van der Waals surface area contributed by atoms with E-state index in [1.165, 1.54) is 5.56 Å². The topological polar surface area (TPSA) is 58.2 Å². The van der Waals surface area contributed by atoms with Crippen LogP contribution in [-0.2, 0) is 11.3 Å². The van der Waals surface area contributed by atoms with Crippen LogP contribution in [0.4, 0.5) is 5.69 Å².